The second-order valence-corrected chi connectivity index (χ2v) is 4.04. The summed E-state index contributed by atoms with van der Waals surface area (Å²) in [6.45, 7) is 5.35. The molecule has 0 bridgehead atoms. The van der Waals surface area contributed by atoms with Crippen LogP contribution in [0.15, 0.2) is 0 Å². The van der Waals surface area contributed by atoms with E-state index in [2.05, 4.69) is 19.2 Å². The molecule has 1 aliphatic carbocycles. The van der Waals surface area contributed by atoms with E-state index in [1.165, 1.54) is 19.3 Å². The van der Waals surface area contributed by atoms with Crippen LogP contribution < -0.4 is 5.32 Å². The fraction of sp³-hybridized carbons (Fsp3) is 1.00. The van der Waals surface area contributed by atoms with E-state index in [9.17, 15) is 0 Å². The molecule has 2 nitrogen and oxygen atoms in total. The maximum absolute atomic E-state index is 5.09. The molecule has 72 valence electrons. The van der Waals surface area contributed by atoms with Gasteiger partial charge in [0, 0.05) is 19.2 Å². The molecule has 1 fully saturated rings. The number of rotatable bonds is 4. The van der Waals surface area contributed by atoms with Crippen molar-refractivity contribution in [2.75, 3.05) is 13.7 Å². The number of hydrogen-bond acceptors (Lipinski definition) is 2. The molecule has 1 N–H and O–H groups in total. The van der Waals surface area contributed by atoms with E-state index in [1.807, 2.05) is 0 Å². The van der Waals surface area contributed by atoms with Crippen LogP contribution in [0.25, 0.3) is 0 Å². The van der Waals surface area contributed by atoms with Crippen LogP contribution in [0.3, 0.4) is 0 Å². The van der Waals surface area contributed by atoms with Crippen LogP contribution in [0, 0.1) is 5.92 Å². The van der Waals surface area contributed by atoms with Crippen molar-refractivity contribution in [1.82, 2.24) is 5.32 Å². The fourth-order valence-electron chi connectivity index (χ4n) is 2.06. The summed E-state index contributed by atoms with van der Waals surface area (Å²) in [4.78, 5) is 0. The minimum Gasteiger partial charge on any atom is -0.383 e. The summed E-state index contributed by atoms with van der Waals surface area (Å²) in [5, 5.41) is 3.60. The first kappa shape index (κ1) is 10.0. The third kappa shape index (κ3) is 2.76. The Morgan fingerprint density at radius 1 is 1.50 bits per heavy atom. The molecule has 0 aromatic rings. The predicted octanol–water partition coefficient (Wildman–Crippen LogP) is 1.80. The van der Waals surface area contributed by atoms with Crippen molar-refractivity contribution in [1.29, 1.82) is 0 Å². The summed E-state index contributed by atoms with van der Waals surface area (Å²) >= 11 is 0. The maximum atomic E-state index is 5.09. The largest absolute Gasteiger partial charge is 0.383 e. The number of ether oxygens (including phenoxy) is 1. The van der Waals surface area contributed by atoms with Gasteiger partial charge in [-0.1, -0.05) is 13.3 Å². The first-order valence-electron chi connectivity index (χ1n) is 4.99. The SMILES string of the molecule is COC[C@H](C)N[C@H]1CCC[C@@H]1C. The van der Waals surface area contributed by atoms with E-state index in [4.69, 9.17) is 4.74 Å². The molecule has 1 saturated carbocycles. The molecule has 0 heterocycles. The third-order valence-electron chi connectivity index (χ3n) is 2.78. The van der Waals surface area contributed by atoms with Gasteiger partial charge in [0.15, 0.2) is 0 Å². The minimum absolute atomic E-state index is 0.501. The van der Waals surface area contributed by atoms with Crippen molar-refractivity contribution >= 4 is 0 Å². The van der Waals surface area contributed by atoms with E-state index in [1.54, 1.807) is 7.11 Å². The van der Waals surface area contributed by atoms with Crippen molar-refractivity contribution in [3.8, 4) is 0 Å². The summed E-state index contributed by atoms with van der Waals surface area (Å²) in [6, 6.07) is 1.23. The average Bonchev–Trinajstić information content (AvgIpc) is 2.37. The lowest BCUT2D eigenvalue weighted by molar-refractivity contribution is 0.163. The molecule has 0 unspecified atom stereocenters. The standard InChI is InChI=1S/C10H21NO/c1-8-5-4-6-10(8)11-9(2)7-12-3/h8-11H,4-7H2,1-3H3/t8-,9-,10-/m0/s1. The van der Waals surface area contributed by atoms with Gasteiger partial charge >= 0.3 is 0 Å². The van der Waals surface area contributed by atoms with Crippen LogP contribution in [0.5, 0.6) is 0 Å². The highest BCUT2D eigenvalue weighted by molar-refractivity contribution is 4.82. The molecule has 0 radical (unpaired) electrons. The lowest BCUT2D eigenvalue weighted by Gasteiger charge is -2.22. The molecule has 0 saturated heterocycles. The van der Waals surface area contributed by atoms with Crippen LogP contribution in [0.4, 0.5) is 0 Å². The van der Waals surface area contributed by atoms with E-state index >= 15 is 0 Å². The van der Waals surface area contributed by atoms with Gasteiger partial charge in [0.2, 0.25) is 0 Å². The van der Waals surface area contributed by atoms with Crippen molar-refractivity contribution in [2.24, 2.45) is 5.92 Å². The monoisotopic (exact) mass is 171 g/mol. The van der Waals surface area contributed by atoms with Crippen LogP contribution in [0.2, 0.25) is 0 Å². The molecule has 3 atom stereocenters. The summed E-state index contributed by atoms with van der Waals surface area (Å²) < 4.78 is 5.09. The van der Waals surface area contributed by atoms with Crippen molar-refractivity contribution in [2.45, 2.75) is 45.2 Å². The first-order chi connectivity index (χ1) is 5.74. The lowest BCUT2D eigenvalue weighted by atomic mass is 10.1. The number of nitrogens with one attached hydrogen (secondary N) is 1. The highest BCUT2D eigenvalue weighted by Gasteiger charge is 2.23. The Balaban J connectivity index is 2.20. The average molecular weight is 171 g/mol. The van der Waals surface area contributed by atoms with Gasteiger partial charge in [-0.05, 0) is 25.7 Å². The second kappa shape index (κ2) is 4.83. The molecule has 0 spiro atoms. The maximum Gasteiger partial charge on any atom is 0.0613 e. The summed E-state index contributed by atoms with van der Waals surface area (Å²) in [6.07, 6.45) is 4.12. The predicted molar refractivity (Wildman–Crippen MR) is 51.3 cm³/mol. The van der Waals surface area contributed by atoms with Gasteiger partial charge in [-0.2, -0.15) is 0 Å². The van der Waals surface area contributed by atoms with Gasteiger partial charge in [-0.3, -0.25) is 0 Å². The van der Waals surface area contributed by atoms with E-state index in [-0.39, 0.29) is 0 Å². The molecule has 2 heteroatoms. The van der Waals surface area contributed by atoms with E-state index in [0.29, 0.717) is 6.04 Å². The summed E-state index contributed by atoms with van der Waals surface area (Å²) in [5.41, 5.74) is 0. The fourth-order valence-corrected chi connectivity index (χ4v) is 2.06. The Kier molecular flexibility index (Phi) is 4.02. The molecular formula is C10H21NO. The molecule has 0 aromatic heterocycles. The van der Waals surface area contributed by atoms with Crippen molar-refractivity contribution in [3.05, 3.63) is 0 Å². The summed E-state index contributed by atoms with van der Waals surface area (Å²) in [7, 11) is 1.76. The number of methoxy groups -OCH3 is 1. The lowest BCUT2D eigenvalue weighted by Crippen LogP contribution is -2.40. The van der Waals surface area contributed by atoms with Gasteiger partial charge in [-0.15, -0.1) is 0 Å². The Labute approximate surface area is 75.7 Å². The smallest absolute Gasteiger partial charge is 0.0613 e. The molecule has 0 amide bonds. The van der Waals surface area contributed by atoms with Gasteiger partial charge in [0.25, 0.3) is 0 Å². The normalized spacial score (nSPS) is 32.2. The van der Waals surface area contributed by atoms with Gasteiger partial charge in [0.05, 0.1) is 6.61 Å². The first-order valence-corrected chi connectivity index (χ1v) is 4.99. The zero-order chi connectivity index (χ0) is 8.97. The highest BCUT2D eigenvalue weighted by atomic mass is 16.5. The van der Waals surface area contributed by atoms with Gasteiger partial charge in [-0.25, -0.2) is 0 Å². The number of hydrogen-bond donors (Lipinski definition) is 1. The van der Waals surface area contributed by atoms with E-state index < -0.39 is 0 Å². The summed E-state index contributed by atoms with van der Waals surface area (Å²) in [5.74, 6) is 0.851. The van der Waals surface area contributed by atoms with Crippen LogP contribution in [0.1, 0.15) is 33.1 Å². The molecule has 0 aliphatic heterocycles. The zero-order valence-electron chi connectivity index (χ0n) is 8.47. The van der Waals surface area contributed by atoms with Crippen molar-refractivity contribution in [3.63, 3.8) is 0 Å². The van der Waals surface area contributed by atoms with Crippen molar-refractivity contribution < 1.29 is 4.74 Å². The molecule has 0 aromatic carbocycles. The Bertz CT molecular complexity index is 127. The van der Waals surface area contributed by atoms with Crippen LogP contribution in [-0.2, 0) is 4.74 Å². The van der Waals surface area contributed by atoms with Crippen LogP contribution in [-0.4, -0.2) is 25.8 Å². The minimum atomic E-state index is 0.501. The second-order valence-electron chi connectivity index (χ2n) is 4.04. The van der Waals surface area contributed by atoms with Crippen LogP contribution >= 0.6 is 0 Å². The van der Waals surface area contributed by atoms with Gasteiger partial charge in [0.1, 0.15) is 0 Å². The molecule has 1 aliphatic rings. The van der Waals surface area contributed by atoms with Gasteiger partial charge < -0.3 is 10.1 Å². The molecular weight excluding hydrogens is 150 g/mol. The topological polar surface area (TPSA) is 21.3 Å². The Hall–Kier alpha value is -0.0800. The Morgan fingerprint density at radius 3 is 2.75 bits per heavy atom. The zero-order valence-corrected chi connectivity index (χ0v) is 8.47. The Morgan fingerprint density at radius 2 is 2.25 bits per heavy atom. The highest BCUT2D eigenvalue weighted by Crippen LogP contribution is 2.24. The quantitative estimate of drug-likeness (QED) is 0.696. The molecule has 12 heavy (non-hydrogen) atoms. The third-order valence-corrected chi connectivity index (χ3v) is 2.78. The van der Waals surface area contributed by atoms with E-state index in [0.717, 1.165) is 18.6 Å². The molecule has 1 rings (SSSR count).